The average molecular weight is 336 g/mol. The molecular weight excluding hydrogens is 312 g/mol. The number of rotatable bonds is 9. The maximum Gasteiger partial charge on any atom is 0.321 e. The van der Waals surface area contributed by atoms with E-state index in [-0.39, 0.29) is 18.4 Å². The van der Waals surface area contributed by atoms with Gasteiger partial charge in [0.05, 0.1) is 12.2 Å². The van der Waals surface area contributed by atoms with Gasteiger partial charge in [0, 0.05) is 12.1 Å². The van der Waals surface area contributed by atoms with E-state index in [1.54, 1.807) is 18.2 Å². The molecule has 1 atom stereocenters. The van der Waals surface area contributed by atoms with Gasteiger partial charge in [0.25, 0.3) is 5.91 Å². The van der Waals surface area contributed by atoms with Crippen LogP contribution in [0, 0.1) is 0 Å². The van der Waals surface area contributed by atoms with Crippen molar-refractivity contribution in [3.8, 4) is 11.5 Å². The SMILES string of the molecule is CCCOc1ccc(C=O)c(OCC(=O)NC(=O)N[C@@H](C)CC)c1. The lowest BCUT2D eigenvalue weighted by molar-refractivity contribution is -0.122. The number of carbonyl (C=O) groups is 3. The van der Waals surface area contributed by atoms with Gasteiger partial charge >= 0.3 is 6.03 Å². The topological polar surface area (TPSA) is 93.7 Å². The summed E-state index contributed by atoms with van der Waals surface area (Å²) in [7, 11) is 0. The summed E-state index contributed by atoms with van der Waals surface area (Å²) in [5.74, 6) is 0.177. The predicted octanol–water partition coefficient (Wildman–Crippen LogP) is 2.29. The van der Waals surface area contributed by atoms with Crippen LogP contribution in [-0.2, 0) is 4.79 Å². The normalized spacial score (nSPS) is 11.3. The van der Waals surface area contributed by atoms with Crippen LogP contribution in [0.3, 0.4) is 0 Å². The number of benzene rings is 1. The Balaban J connectivity index is 2.60. The fourth-order valence-corrected chi connectivity index (χ4v) is 1.71. The zero-order chi connectivity index (χ0) is 17.9. The van der Waals surface area contributed by atoms with Crippen molar-refractivity contribution >= 4 is 18.2 Å². The quantitative estimate of drug-likeness (QED) is 0.675. The minimum Gasteiger partial charge on any atom is -0.493 e. The van der Waals surface area contributed by atoms with Crippen LogP contribution >= 0.6 is 0 Å². The third-order valence-electron chi connectivity index (χ3n) is 3.19. The van der Waals surface area contributed by atoms with Crippen molar-refractivity contribution in [2.24, 2.45) is 0 Å². The molecule has 0 heterocycles. The lowest BCUT2D eigenvalue weighted by atomic mass is 10.2. The first kappa shape index (κ1) is 19.5. The minimum atomic E-state index is -0.604. The van der Waals surface area contributed by atoms with Gasteiger partial charge in [0.15, 0.2) is 12.9 Å². The first-order valence-corrected chi connectivity index (χ1v) is 7.95. The molecule has 24 heavy (non-hydrogen) atoms. The Morgan fingerprint density at radius 2 is 2.00 bits per heavy atom. The van der Waals surface area contributed by atoms with E-state index in [0.717, 1.165) is 12.8 Å². The number of nitrogens with one attached hydrogen (secondary N) is 2. The van der Waals surface area contributed by atoms with Crippen LogP contribution < -0.4 is 20.1 Å². The molecule has 1 aromatic carbocycles. The average Bonchev–Trinajstić information content (AvgIpc) is 2.57. The first-order valence-electron chi connectivity index (χ1n) is 7.95. The summed E-state index contributed by atoms with van der Waals surface area (Å²) in [6, 6.07) is 4.15. The highest BCUT2D eigenvalue weighted by Crippen LogP contribution is 2.23. The lowest BCUT2D eigenvalue weighted by Gasteiger charge is -2.13. The summed E-state index contributed by atoms with van der Waals surface area (Å²) in [6.07, 6.45) is 2.23. The van der Waals surface area contributed by atoms with Crippen LogP contribution in [0.25, 0.3) is 0 Å². The second kappa shape index (κ2) is 10.3. The molecule has 1 aromatic rings. The van der Waals surface area contributed by atoms with Gasteiger partial charge in [0.2, 0.25) is 0 Å². The molecular formula is C17H24N2O5. The molecule has 0 aliphatic carbocycles. The maximum absolute atomic E-state index is 11.7. The van der Waals surface area contributed by atoms with E-state index < -0.39 is 11.9 Å². The van der Waals surface area contributed by atoms with Gasteiger partial charge in [0.1, 0.15) is 11.5 Å². The van der Waals surface area contributed by atoms with Crippen LogP contribution in [0.15, 0.2) is 18.2 Å². The monoisotopic (exact) mass is 336 g/mol. The Morgan fingerprint density at radius 3 is 2.62 bits per heavy atom. The molecule has 132 valence electrons. The highest BCUT2D eigenvalue weighted by molar-refractivity contribution is 5.95. The molecule has 0 aromatic heterocycles. The summed E-state index contributed by atoms with van der Waals surface area (Å²) < 4.78 is 10.8. The molecule has 1 rings (SSSR count). The van der Waals surface area contributed by atoms with Gasteiger partial charge in [-0.3, -0.25) is 14.9 Å². The largest absolute Gasteiger partial charge is 0.493 e. The highest BCUT2D eigenvalue weighted by atomic mass is 16.5. The summed E-state index contributed by atoms with van der Waals surface area (Å²) in [5.41, 5.74) is 0.302. The third kappa shape index (κ3) is 6.68. The third-order valence-corrected chi connectivity index (χ3v) is 3.19. The van der Waals surface area contributed by atoms with E-state index in [1.165, 1.54) is 0 Å². The molecule has 0 radical (unpaired) electrons. The number of aldehydes is 1. The van der Waals surface area contributed by atoms with Crippen molar-refractivity contribution in [2.45, 2.75) is 39.7 Å². The van der Waals surface area contributed by atoms with Crippen molar-refractivity contribution in [3.63, 3.8) is 0 Å². The van der Waals surface area contributed by atoms with Crippen LogP contribution in [-0.4, -0.2) is 37.5 Å². The van der Waals surface area contributed by atoms with Gasteiger partial charge < -0.3 is 14.8 Å². The Labute approximate surface area is 141 Å². The number of hydrogen-bond acceptors (Lipinski definition) is 5. The van der Waals surface area contributed by atoms with Crippen molar-refractivity contribution < 1.29 is 23.9 Å². The fraction of sp³-hybridized carbons (Fsp3) is 0.471. The highest BCUT2D eigenvalue weighted by Gasteiger charge is 2.12. The van der Waals surface area contributed by atoms with Crippen LogP contribution in [0.5, 0.6) is 11.5 Å². The smallest absolute Gasteiger partial charge is 0.321 e. The molecule has 3 amide bonds. The van der Waals surface area contributed by atoms with E-state index in [9.17, 15) is 14.4 Å². The molecule has 0 fully saturated rings. The molecule has 0 spiro atoms. The zero-order valence-electron chi connectivity index (χ0n) is 14.3. The van der Waals surface area contributed by atoms with Crippen molar-refractivity contribution in [3.05, 3.63) is 23.8 Å². The van der Waals surface area contributed by atoms with Gasteiger partial charge in [-0.15, -0.1) is 0 Å². The Hall–Kier alpha value is -2.57. The van der Waals surface area contributed by atoms with Gasteiger partial charge in [-0.25, -0.2) is 4.79 Å². The summed E-state index contributed by atoms with van der Waals surface area (Å²) in [4.78, 5) is 34.3. The molecule has 0 aliphatic rings. The molecule has 7 nitrogen and oxygen atoms in total. The van der Waals surface area contributed by atoms with Crippen molar-refractivity contribution in [1.29, 1.82) is 0 Å². The standard InChI is InChI=1S/C17H24N2O5/c1-4-8-23-14-7-6-13(10-20)15(9-14)24-11-16(21)19-17(22)18-12(3)5-2/h6-7,9-10,12H,4-5,8,11H2,1-3H3,(H2,18,19,21,22)/t12-/m0/s1. The Bertz CT molecular complexity index is 574. The first-order chi connectivity index (χ1) is 11.5. The van der Waals surface area contributed by atoms with E-state index >= 15 is 0 Å². The zero-order valence-corrected chi connectivity index (χ0v) is 14.3. The van der Waals surface area contributed by atoms with E-state index in [0.29, 0.717) is 24.2 Å². The molecule has 0 bridgehead atoms. The Kier molecular flexibility index (Phi) is 8.32. The van der Waals surface area contributed by atoms with E-state index in [1.807, 2.05) is 20.8 Å². The summed E-state index contributed by atoms with van der Waals surface area (Å²) in [5, 5.41) is 4.78. The van der Waals surface area contributed by atoms with Crippen molar-refractivity contribution in [2.75, 3.05) is 13.2 Å². The molecule has 7 heteroatoms. The molecule has 0 saturated carbocycles. The van der Waals surface area contributed by atoms with Gasteiger partial charge in [-0.1, -0.05) is 13.8 Å². The number of urea groups is 1. The van der Waals surface area contributed by atoms with Gasteiger partial charge in [-0.2, -0.15) is 0 Å². The molecule has 0 unspecified atom stereocenters. The van der Waals surface area contributed by atoms with Crippen LogP contribution in [0.1, 0.15) is 44.0 Å². The van der Waals surface area contributed by atoms with Gasteiger partial charge in [-0.05, 0) is 31.9 Å². The number of imide groups is 1. The van der Waals surface area contributed by atoms with Crippen LogP contribution in [0.2, 0.25) is 0 Å². The predicted molar refractivity (Wildman–Crippen MR) is 89.5 cm³/mol. The summed E-state index contributed by atoms with van der Waals surface area (Å²) in [6.45, 7) is 5.89. The Morgan fingerprint density at radius 1 is 1.25 bits per heavy atom. The van der Waals surface area contributed by atoms with Crippen LogP contribution in [0.4, 0.5) is 4.79 Å². The second-order valence-electron chi connectivity index (χ2n) is 5.29. The van der Waals surface area contributed by atoms with E-state index in [4.69, 9.17) is 9.47 Å². The fourth-order valence-electron chi connectivity index (χ4n) is 1.71. The number of carbonyl (C=O) groups excluding carboxylic acids is 3. The minimum absolute atomic E-state index is 0.0345. The maximum atomic E-state index is 11.7. The summed E-state index contributed by atoms with van der Waals surface area (Å²) >= 11 is 0. The number of ether oxygens (including phenoxy) is 2. The lowest BCUT2D eigenvalue weighted by Crippen LogP contribution is -2.44. The molecule has 0 saturated heterocycles. The van der Waals surface area contributed by atoms with E-state index in [2.05, 4.69) is 10.6 Å². The molecule has 0 aliphatic heterocycles. The second-order valence-corrected chi connectivity index (χ2v) is 5.29. The number of amides is 3. The van der Waals surface area contributed by atoms with Crippen molar-refractivity contribution in [1.82, 2.24) is 10.6 Å². The molecule has 2 N–H and O–H groups in total. The number of hydrogen-bond donors (Lipinski definition) is 2.